The molecule has 1 aromatic rings. The van der Waals surface area contributed by atoms with Gasteiger partial charge in [0.25, 0.3) is 11.6 Å². The van der Waals surface area contributed by atoms with Gasteiger partial charge in [-0.15, -0.1) is 0 Å². The lowest BCUT2D eigenvalue weighted by Crippen LogP contribution is -2.45. The van der Waals surface area contributed by atoms with Gasteiger partial charge >= 0.3 is 0 Å². The van der Waals surface area contributed by atoms with Crippen molar-refractivity contribution in [2.75, 3.05) is 6.61 Å². The third kappa shape index (κ3) is 3.75. The van der Waals surface area contributed by atoms with Gasteiger partial charge in [0.1, 0.15) is 0 Å². The molecule has 120 valence electrons. The van der Waals surface area contributed by atoms with Crippen molar-refractivity contribution in [1.82, 2.24) is 5.32 Å². The number of hydrogen-bond donors (Lipinski definition) is 1. The van der Waals surface area contributed by atoms with Gasteiger partial charge in [-0.3, -0.25) is 14.9 Å². The van der Waals surface area contributed by atoms with Crippen LogP contribution in [0.25, 0.3) is 0 Å². The Kier molecular flexibility index (Phi) is 4.72. The third-order valence-electron chi connectivity index (χ3n) is 3.76. The highest BCUT2D eigenvalue weighted by Gasteiger charge is 2.30. The number of carbonyl (C=O) groups excluding carboxylic acids is 1. The van der Waals surface area contributed by atoms with Crippen LogP contribution in [0.15, 0.2) is 12.1 Å². The van der Waals surface area contributed by atoms with E-state index < -0.39 is 10.8 Å². The number of ether oxygens (including phenoxy) is 1. The molecule has 0 spiro atoms. The molecule has 6 nitrogen and oxygen atoms in total. The molecule has 0 saturated carbocycles. The molecule has 0 aliphatic carbocycles. The Hall–Kier alpha value is -1.66. The number of nitro groups is 1. The number of nitro benzene ring substituents is 1. The Morgan fingerprint density at radius 2 is 2.18 bits per heavy atom. The van der Waals surface area contributed by atoms with E-state index in [-0.39, 0.29) is 27.9 Å². The number of aryl methyl sites for hydroxylation is 1. The van der Waals surface area contributed by atoms with Crippen molar-refractivity contribution in [1.29, 1.82) is 0 Å². The number of carbonyl (C=O) groups is 1. The second kappa shape index (κ2) is 6.22. The van der Waals surface area contributed by atoms with Crippen LogP contribution in [0.2, 0.25) is 5.02 Å². The number of hydrogen-bond acceptors (Lipinski definition) is 4. The van der Waals surface area contributed by atoms with Crippen LogP contribution in [0.4, 0.5) is 5.69 Å². The average Bonchev–Trinajstić information content (AvgIpc) is 2.36. The fourth-order valence-corrected chi connectivity index (χ4v) is 2.95. The number of benzene rings is 1. The first kappa shape index (κ1) is 16.7. The van der Waals surface area contributed by atoms with E-state index in [1.54, 1.807) is 6.92 Å². The van der Waals surface area contributed by atoms with Gasteiger partial charge in [0.2, 0.25) is 0 Å². The third-order valence-corrected chi connectivity index (χ3v) is 4.07. The number of rotatable bonds is 3. The maximum atomic E-state index is 12.4. The average molecular weight is 327 g/mol. The zero-order valence-corrected chi connectivity index (χ0v) is 13.6. The standard InChI is InChI=1S/C15H19ClN2O4/c1-9-6-12(16)11(7-13(9)18(20)21)14(19)17-10-4-5-22-15(2,3)8-10/h6-7,10H,4-5,8H2,1-3H3,(H,17,19). The van der Waals surface area contributed by atoms with E-state index in [0.717, 1.165) is 0 Å². The van der Waals surface area contributed by atoms with Crippen LogP contribution in [0.3, 0.4) is 0 Å². The van der Waals surface area contributed by atoms with E-state index >= 15 is 0 Å². The van der Waals surface area contributed by atoms with Crippen molar-refractivity contribution in [3.63, 3.8) is 0 Å². The Morgan fingerprint density at radius 3 is 2.77 bits per heavy atom. The SMILES string of the molecule is Cc1cc(Cl)c(C(=O)NC2CCOC(C)(C)C2)cc1[N+](=O)[O-]. The highest BCUT2D eigenvalue weighted by Crippen LogP contribution is 2.28. The summed E-state index contributed by atoms with van der Waals surface area (Å²) in [6, 6.07) is 2.65. The Morgan fingerprint density at radius 1 is 1.50 bits per heavy atom. The second-order valence-electron chi connectivity index (χ2n) is 6.15. The summed E-state index contributed by atoms with van der Waals surface area (Å²) < 4.78 is 5.61. The van der Waals surface area contributed by atoms with Gasteiger partial charge in [0, 0.05) is 24.3 Å². The van der Waals surface area contributed by atoms with Crippen LogP contribution < -0.4 is 5.32 Å². The van der Waals surface area contributed by atoms with Crippen LogP contribution in [0.1, 0.15) is 42.6 Å². The van der Waals surface area contributed by atoms with Crippen molar-refractivity contribution >= 4 is 23.2 Å². The number of nitrogens with one attached hydrogen (secondary N) is 1. The molecule has 1 aromatic carbocycles. The highest BCUT2D eigenvalue weighted by atomic mass is 35.5. The molecule has 0 bridgehead atoms. The molecule has 1 aliphatic rings. The minimum atomic E-state index is -0.514. The molecule has 0 aromatic heterocycles. The molecule has 1 amide bonds. The van der Waals surface area contributed by atoms with Gasteiger partial charge in [-0.2, -0.15) is 0 Å². The maximum Gasteiger partial charge on any atom is 0.273 e. The van der Waals surface area contributed by atoms with Crippen LogP contribution in [0.5, 0.6) is 0 Å². The first-order valence-corrected chi connectivity index (χ1v) is 7.47. The Balaban J connectivity index is 2.19. The molecule has 0 radical (unpaired) electrons. The predicted molar refractivity (Wildman–Crippen MR) is 83.4 cm³/mol. The van der Waals surface area contributed by atoms with Crippen LogP contribution in [-0.4, -0.2) is 29.1 Å². The smallest absolute Gasteiger partial charge is 0.273 e. The van der Waals surface area contributed by atoms with Crippen molar-refractivity contribution in [3.8, 4) is 0 Å². The summed E-state index contributed by atoms with van der Waals surface area (Å²) in [5, 5.41) is 14.1. The lowest BCUT2D eigenvalue weighted by molar-refractivity contribution is -0.385. The molecule has 22 heavy (non-hydrogen) atoms. The van der Waals surface area contributed by atoms with E-state index in [1.165, 1.54) is 12.1 Å². The lowest BCUT2D eigenvalue weighted by atomic mass is 9.93. The van der Waals surface area contributed by atoms with Crippen LogP contribution in [-0.2, 0) is 4.74 Å². The summed E-state index contributed by atoms with van der Waals surface area (Å²) in [4.78, 5) is 22.9. The summed E-state index contributed by atoms with van der Waals surface area (Å²) in [5.74, 6) is -0.393. The summed E-state index contributed by atoms with van der Waals surface area (Å²) in [6.07, 6.45) is 1.39. The normalized spacial score (nSPS) is 20.5. The summed E-state index contributed by atoms with van der Waals surface area (Å²) in [7, 11) is 0. The zero-order chi connectivity index (χ0) is 16.5. The summed E-state index contributed by atoms with van der Waals surface area (Å²) >= 11 is 6.07. The minimum Gasteiger partial charge on any atom is -0.375 e. The summed E-state index contributed by atoms with van der Waals surface area (Å²) in [5.41, 5.74) is 0.156. The second-order valence-corrected chi connectivity index (χ2v) is 6.55. The van der Waals surface area contributed by atoms with E-state index in [4.69, 9.17) is 16.3 Å². The quantitative estimate of drug-likeness (QED) is 0.683. The molecule has 2 rings (SSSR count). The van der Waals surface area contributed by atoms with Crippen molar-refractivity contribution < 1.29 is 14.5 Å². The minimum absolute atomic E-state index is 0.0346. The molecule has 1 aliphatic heterocycles. The van der Waals surface area contributed by atoms with Crippen LogP contribution in [0, 0.1) is 17.0 Å². The predicted octanol–water partition coefficient (Wildman–Crippen LogP) is 3.24. The van der Waals surface area contributed by atoms with Crippen molar-refractivity contribution in [2.24, 2.45) is 0 Å². The first-order chi connectivity index (χ1) is 10.2. The van der Waals surface area contributed by atoms with Gasteiger partial charge in [-0.1, -0.05) is 11.6 Å². The van der Waals surface area contributed by atoms with Gasteiger partial charge in [0.05, 0.1) is 21.1 Å². The lowest BCUT2D eigenvalue weighted by Gasteiger charge is -2.35. The molecular weight excluding hydrogens is 308 g/mol. The van der Waals surface area contributed by atoms with E-state index in [1.807, 2.05) is 13.8 Å². The zero-order valence-electron chi connectivity index (χ0n) is 12.8. The topological polar surface area (TPSA) is 81.5 Å². The molecule has 1 fully saturated rings. The van der Waals surface area contributed by atoms with E-state index in [0.29, 0.717) is 25.0 Å². The maximum absolute atomic E-state index is 12.4. The van der Waals surface area contributed by atoms with Gasteiger partial charge in [0.15, 0.2) is 0 Å². The number of nitrogens with zero attached hydrogens (tertiary/aromatic N) is 1. The first-order valence-electron chi connectivity index (χ1n) is 7.09. The Bertz CT molecular complexity index is 616. The largest absolute Gasteiger partial charge is 0.375 e. The fourth-order valence-electron chi connectivity index (χ4n) is 2.65. The highest BCUT2D eigenvalue weighted by molar-refractivity contribution is 6.34. The summed E-state index contributed by atoms with van der Waals surface area (Å²) in [6.45, 7) is 6.09. The molecule has 7 heteroatoms. The molecule has 1 atom stereocenters. The molecule has 1 unspecified atom stereocenters. The van der Waals surface area contributed by atoms with Gasteiger partial charge in [-0.05, 0) is 39.7 Å². The Labute approximate surface area is 133 Å². The molecule has 1 heterocycles. The monoisotopic (exact) mass is 326 g/mol. The van der Waals surface area contributed by atoms with E-state index in [2.05, 4.69) is 5.32 Å². The molecule has 1 saturated heterocycles. The number of amides is 1. The van der Waals surface area contributed by atoms with Gasteiger partial charge < -0.3 is 10.1 Å². The molecular formula is C15H19ClN2O4. The fraction of sp³-hybridized carbons (Fsp3) is 0.533. The molecule has 1 N–H and O–H groups in total. The van der Waals surface area contributed by atoms with Crippen LogP contribution >= 0.6 is 11.6 Å². The van der Waals surface area contributed by atoms with Crippen molar-refractivity contribution in [3.05, 3.63) is 38.4 Å². The van der Waals surface area contributed by atoms with E-state index in [9.17, 15) is 14.9 Å². The number of halogens is 1. The van der Waals surface area contributed by atoms with Gasteiger partial charge in [-0.25, -0.2) is 0 Å². The van der Waals surface area contributed by atoms with Crippen molar-refractivity contribution in [2.45, 2.75) is 45.3 Å².